The molecule has 1 rings (SSSR count). The Morgan fingerprint density at radius 2 is 2.18 bits per heavy atom. The van der Waals surface area contributed by atoms with Crippen LogP contribution in [0, 0.1) is 0 Å². The number of hydrogen-bond acceptors (Lipinski definition) is 1. The van der Waals surface area contributed by atoms with Crippen molar-refractivity contribution in [2.75, 3.05) is 0 Å². The van der Waals surface area contributed by atoms with Crippen LogP contribution in [0.3, 0.4) is 0 Å². The molecule has 0 saturated carbocycles. The number of aryl methyl sites for hydroxylation is 1. The van der Waals surface area contributed by atoms with Crippen molar-refractivity contribution in [1.29, 1.82) is 0 Å². The fraction of sp³-hybridized carbons (Fsp3) is 0.286. The topological polar surface area (TPSA) is 42.2 Å². The predicted molar refractivity (Wildman–Crippen MR) is 46.4 cm³/mol. The second-order valence-corrected chi connectivity index (χ2v) is 2.77. The molecule has 4 heteroatoms. The van der Waals surface area contributed by atoms with E-state index in [1.54, 1.807) is 0 Å². The lowest BCUT2D eigenvalue weighted by molar-refractivity contribution is -0.134. The molecule has 0 fully saturated rings. The van der Waals surface area contributed by atoms with Gasteiger partial charge in [-0.2, -0.15) is 0 Å². The summed E-state index contributed by atoms with van der Waals surface area (Å²) in [6.45, 7) is 1.08. The summed E-state index contributed by atoms with van der Waals surface area (Å²) in [6, 6.07) is 3.99. The molecule has 1 aromatic heterocycles. The van der Waals surface area contributed by atoms with Gasteiger partial charge in [-0.25, -0.2) is 0 Å². The lowest BCUT2D eigenvalue weighted by Crippen LogP contribution is -1.80. The fourth-order valence-electron chi connectivity index (χ4n) is 0.440. The van der Waals surface area contributed by atoms with Gasteiger partial charge in [-0.15, -0.1) is 0 Å². The molecule has 3 nitrogen and oxygen atoms in total. The Balaban J connectivity index is 0.000000218. The molecule has 1 aromatic rings. The standard InChI is InChI=1S/C5H6BrN.C2H4O2/c1-7-4-2-3-5(7)6;1-2(3)4/h2-4H,1H3;1H3,(H,3,4). The maximum absolute atomic E-state index is 9.00. The van der Waals surface area contributed by atoms with Crippen molar-refractivity contribution in [3.05, 3.63) is 22.9 Å². The summed E-state index contributed by atoms with van der Waals surface area (Å²) < 4.78 is 3.12. The summed E-state index contributed by atoms with van der Waals surface area (Å²) in [5.74, 6) is -0.833. The zero-order chi connectivity index (χ0) is 8.85. The van der Waals surface area contributed by atoms with Crippen LogP contribution in [-0.2, 0) is 11.8 Å². The van der Waals surface area contributed by atoms with Gasteiger partial charge in [0, 0.05) is 20.2 Å². The molecular weight excluding hydrogens is 210 g/mol. The minimum atomic E-state index is -0.833. The summed E-state index contributed by atoms with van der Waals surface area (Å²) in [6.07, 6.45) is 1.99. The van der Waals surface area contributed by atoms with E-state index in [0.29, 0.717) is 0 Å². The lowest BCUT2D eigenvalue weighted by Gasteiger charge is -1.87. The third-order valence-corrected chi connectivity index (χ3v) is 1.70. The van der Waals surface area contributed by atoms with Crippen LogP contribution in [0.1, 0.15) is 6.92 Å². The summed E-state index contributed by atoms with van der Waals surface area (Å²) in [4.78, 5) is 9.00. The van der Waals surface area contributed by atoms with Gasteiger partial charge < -0.3 is 9.67 Å². The molecular formula is C7H10BrNO2. The van der Waals surface area contributed by atoms with E-state index in [0.717, 1.165) is 11.5 Å². The number of hydrogen-bond donors (Lipinski definition) is 1. The lowest BCUT2D eigenvalue weighted by atomic mass is 10.7. The summed E-state index contributed by atoms with van der Waals surface area (Å²) in [5.41, 5.74) is 0. The summed E-state index contributed by atoms with van der Waals surface area (Å²) in [5, 5.41) is 7.42. The van der Waals surface area contributed by atoms with Crippen LogP contribution < -0.4 is 0 Å². The van der Waals surface area contributed by atoms with Crippen LogP contribution in [0.2, 0.25) is 0 Å². The van der Waals surface area contributed by atoms with Gasteiger partial charge in [-0.3, -0.25) is 4.79 Å². The van der Waals surface area contributed by atoms with E-state index in [9.17, 15) is 0 Å². The molecule has 0 radical (unpaired) electrons. The average Bonchev–Trinajstić information content (AvgIpc) is 2.15. The molecule has 1 heterocycles. The number of halogens is 1. The number of aromatic nitrogens is 1. The van der Waals surface area contributed by atoms with Crippen molar-refractivity contribution in [2.24, 2.45) is 7.05 Å². The monoisotopic (exact) mass is 219 g/mol. The average molecular weight is 220 g/mol. The molecule has 62 valence electrons. The van der Waals surface area contributed by atoms with Gasteiger partial charge >= 0.3 is 0 Å². The van der Waals surface area contributed by atoms with Crippen molar-refractivity contribution in [3.63, 3.8) is 0 Å². The van der Waals surface area contributed by atoms with E-state index >= 15 is 0 Å². The first-order valence-electron chi connectivity index (χ1n) is 3.00. The highest BCUT2D eigenvalue weighted by molar-refractivity contribution is 9.10. The van der Waals surface area contributed by atoms with E-state index in [1.165, 1.54) is 0 Å². The first-order valence-corrected chi connectivity index (χ1v) is 3.79. The Morgan fingerprint density at radius 1 is 1.73 bits per heavy atom. The Bertz CT molecular complexity index is 212. The van der Waals surface area contributed by atoms with Crippen molar-refractivity contribution in [1.82, 2.24) is 4.57 Å². The Labute approximate surface area is 73.8 Å². The van der Waals surface area contributed by atoms with Gasteiger partial charge in [-0.1, -0.05) is 0 Å². The normalized spacial score (nSPS) is 8.27. The Hall–Kier alpha value is -0.770. The largest absolute Gasteiger partial charge is 0.481 e. The molecule has 0 spiro atoms. The molecule has 0 unspecified atom stereocenters. The van der Waals surface area contributed by atoms with Gasteiger partial charge in [0.1, 0.15) is 0 Å². The van der Waals surface area contributed by atoms with Crippen LogP contribution in [0.4, 0.5) is 0 Å². The number of nitrogens with zero attached hydrogens (tertiary/aromatic N) is 1. The molecule has 11 heavy (non-hydrogen) atoms. The minimum absolute atomic E-state index is 0.833. The highest BCUT2D eigenvalue weighted by Crippen LogP contribution is 2.06. The predicted octanol–water partition coefficient (Wildman–Crippen LogP) is 1.88. The third-order valence-electron chi connectivity index (χ3n) is 0.880. The molecule has 0 aromatic carbocycles. The number of carboxylic acids is 1. The highest BCUT2D eigenvalue weighted by atomic mass is 79.9. The number of carbonyl (C=O) groups is 1. The van der Waals surface area contributed by atoms with Gasteiger partial charge in [-0.05, 0) is 28.1 Å². The molecule has 0 amide bonds. The van der Waals surface area contributed by atoms with Crippen LogP contribution >= 0.6 is 15.9 Å². The van der Waals surface area contributed by atoms with E-state index in [4.69, 9.17) is 9.90 Å². The van der Waals surface area contributed by atoms with Crippen molar-refractivity contribution in [2.45, 2.75) is 6.92 Å². The minimum Gasteiger partial charge on any atom is -0.481 e. The first-order chi connectivity index (χ1) is 5.04. The van der Waals surface area contributed by atoms with E-state index in [-0.39, 0.29) is 0 Å². The maximum atomic E-state index is 9.00. The SMILES string of the molecule is CC(=O)O.Cn1cccc1Br. The van der Waals surface area contributed by atoms with Crippen molar-refractivity contribution >= 4 is 21.9 Å². The Kier molecular flexibility index (Phi) is 4.61. The van der Waals surface area contributed by atoms with Crippen molar-refractivity contribution < 1.29 is 9.90 Å². The zero-order valence-corrected chi connectivity index (χ0v) is 8.00. The van der Waals surface area contributed by atoms with E-state index in [1.807, 2.05) is 29.9 Å². The molecule has 0 aliphatic carbocycles. The summed E-state index contributed by atoms with van der Waals surface area (Å²) >= 11 is 3.33. The van der Waals surface area contributed by atoms with Crippen LogP contribution in [-0.4, -0.2) is 15.6 Å². The summed E-state index contributed by atoms with van der Waals surface area (Å²) in [7, 11) is 1.99. The van der Waals surface area contributed by atoms with Gasteiger partial charge in [0.15, 0.2) is 0 Å². The molecule has 0 atom stereocenters. The van der Waals surface area contributed by atoms with Gasteiger partial charge in [0.2, 0.25) is 0 Å². The van der Waals surface area contributed by atoms with Crippen LogP contribution in [0.5, 0.6) is 0 Å². The number of carboxylic acid groups (broad SMARTS) is 1. The third kappa shape index (κ3) is 5.66. The molecule has 1 N–H and O–H groups in total. The van der Waals surface area contributed by atoms with Crippen LogP contribution in [0.25, 0.3) is 0 Å². The van der Waals surface area contributed by atoms with Crippen molar-refractivity contribution in [3.8, 4) is 0 Å². The van der Waals surface area contributed by atoms with Gasteiger partial charge in [0.05, 0.1) is 4.60 Å². The highest BCUT2D eigenvalue weighted by Gasteiger charge is 1.84. The van der Waals surface area contributed by atoms with E-state index in [2.05, 4.69) is 15.9 Å². The second-order valence-electron chi connectivity index (χ2n) is 1.96. The Morgan fingerprint density at radius 3 is 2.27 bits per heavy atom. The second kappa shape index (κ2) is 4.96. The number of aliphatic carboxylic acids is 1. The van der Waals surface area contributed by atoms with Gasteiger partial charge in [0.25, 0.3) is 5.97 Å². The number of rotatable bonds is 0. The molecule has 0 bridgehead atoms. The molecule has 0 aliphatic rings. The molecule has 0 saturated heterocycles. The smallest absolute Gasteiger partial charge is 0.300 e. The first kappa shape index (κ1) is 10.2. The zero-order valence-electron chi connectivity index (χ0n) is 6.41. The quantitative estimate of drug-likeness (QED) is 0.725. The maximum Gasteiger partial charge on any atom is 0.300 e. The van der Waals surface area contributed by atoms with E-state index < -0.39 is 5.97 Å². The fourth-order valence-corrected chi connectivity index (χ4v) is 0.711. The molecule has 0 aliphatic heterocycles. The van der Waals surface area contributed by atoms with Crippen LogP contribution in [0.15, 0.2) is 22.9 Å².